The van der Waals surface area contributed by atoms with Gasteiger partial charge >= 0.3 is 51.4 Å². The Morgan fingerprint density at radius 3 is 0.750 bits per heavy atom. The van der Waals surface area contributed by atoms with Gasteiger partial charge in [-0.15, -0.1) is 0 Å². The zero-order valence-electron chi connectivity index (χ0n) is 33.2. The average molecular weight is 725 g/mol. The second-order valence-electron chi connectivity index (χ2n) is 15.2. The molecule has 4 nitrogen and oxygen atoms in total. The Morgan fingerprint density at radius 2 is 0.562 bits per heavy atom. The first-order chi connectivity index (χ1) is 23.0. The van der Waals surface area contributed by atoms with Gasteiger partial charge in [0.05, 0.1) is 6.61 Å². The van der Waals surface area contributed by atoms with E-state index >= 15 is 0 Å². The van der Waals surface area contributed by atoms with Crippen molar-refractivity contribution in [3.63, 3.8) is 0 Å². The van der Waals surface area contributed by atoms with Crippen LogP contribution in [0.25, 0.3) is 0 Å². The Morgan fingerprint density at radius 1 is 0.375 bits per heavy atom. The van der Waals surface area contributed by atoms with Crippen molar-refractivity contribution in [1.29, 1.82) is 0 Å². The molecular formula is C42H85KO4S. The van der Waals surface area contributed by atoms with Crippen molar-refractivity contribution in [3.8, 4) is 0 Å². The predicted molar refractivity (Wildman–Crippen MR) is 206 cm³/mol. The van der Waals surface area contributed by atoms with Gasteiger partial charge in [-0.25, -0.2) is 8.42 Å². The topological polar surface area (TPSA) is 66.4 Å². The fourth-order valence-electron chi connectivity index (χ4n) is 7.16. The minimum atomic E-state index is -4.59. The molecule has 48 heavy (non-hydrogen) atoms. The van der Waals surface area contributed by atoms with Crippen LogP contribution in [0.4, 0.5) is 0 Å². The summed E-state index contributed by atoms with van der Waals surface area (Å²) in [5.74, 6) is 0.195. The third-order valence-corrected chi connectivity index (χ3v) is 10.8. The van der Waals surface area contributed by atoms with Crippen LogP contribution >= 0.6 is 0 Å². The van der Waals surface area contributed by atoms with Gasteiger partial charge < -0.3 is 4.55 Å². The Hall–Kier alpha value is 1.51. The zero-order chi connectivity index (χ0) is 34.4. The summed E-state index contributed by atoms with van der Waals surface area (Å²) in [6.07, 6.45) is 51.2. The van der Waals surface area contributed by atoms with Crippen molar-refractivity contribution in [2.75, 3.05) is 6.61 Å². The molecule has 0 amide bonds. The van der Waals surface area contributed by atoms with E-state index in [2.05, 4.69) is 18.0 Å². The van der Waals surface area contributed by atoms with Crippen LogP contribution in [-0.4, -0.2) is 19.6 Å². The SMILES string of the molecule is CCCCCCCCCCCCCCCCCCCCCCC(CCCCCCCCCCCCCCCCCC)COS(=O)(=O)[O-].[K+]. The van der Waals surface area contributed by atoms with E-state index in [0.717, 1.165) is 25.7 Å². The summed E-state index contributed by atoms with van der Waals surface area (Å²) in [7, 11) is -4.59. The molecule has 0 aromatic carbocycles. The van der Waals surface area contributed by atoms with Gasteiger partial charge in [-0.05, 0) is 18.8 Å². The fourth-order valence-corrected chi connectivity index (χ4v) is 7.52. The zero-order valence-corrected chi connectivity index (χ0v) is 37.1. The van der Waals surface area contributed by atoms with Gasteiger partial charge in [0, 0.05) is 0 Å². The van der Waals surface area contributed by atoms with Crippen LogP contribution in [0.3, 0.4) is 0 Å². The van der Waals surface area contributed by atoms with Crippen LogP contribution in [0, 0.1) is 5.92 Å². The maximum atomic E-state index is 11.0. The van der Waals surface area contributed by atoms with Crippen molar-refractivity contribution >= 4 is 10.4 Å². The van der Waals surface area contributed by atoms with E-state index in [1.165, 1.54) is 218 Å². The van der Waals surface area contributed by atoms with Crippen molar-refractivity contribution in [2.45, 2.75) is 258 Å². The monoisotopic (exact) mass is 725 g/mol. The van der Waals surface area contributed by atoms with Crippen LogP contribution in [0.15, 0.2) is 0 Å². The van der Waals surface area contributed by atoms with E-state index in [9.17, 15) is 13.0 Å². The Bertz CT molecular complexity index is 687. The molecule has 0 rings (SSSR count). The summed E-state index contributed by atoms with van der Waals surface area (Å²) < 4.78 is 37.8. The van der Waals surface area contributed by atoms with E-state index in [-0.39, 0.29) is 63.9 Å². The molecule has 0 aliphatic carbocycles. The summed E-state index contributed by atoms with van der Waals surface area (Å²) in [6, 6.07) is 0. The molecule has 0 aromatic rings. The quantitative estimate of drug-likeness (QED) is 0.0272. The third kappa shape index (κ3) is 45.5. The van der Waals surface area contributed by atoms with Gasteiger partial charge in [-0.3, -0.25) is 4.18 Å². The van der Waals surface area contributed by atoms with E-state index in [0.29, 0.717) is 0 Å². The van der Waals surface area contributed by atoms with Crippen molar-refractivity contribution in [2.24, 2.45) is 5.92 Å². The molecule has 0 aliphatic rings. The molecule has 6 heteroatoms. The molecule has 284 valence electrons. The van der Waals surface area contributed by atoms with Crippen molar-refractivity contribution in [3.05, 3.63) is 0 Å². The second kappa shape index (κ2) is 42.9. The Labute approximate surface area is 346 Å². The van der Waals surface area contributed by atoms with Crippen LogP contribution < -0.4 is 51.4 Å². The summed E-state index contributed by atoms with van der Waals surface area (Å²) in [5.41, 5.74) is 0. The number of rotatable bonds is 41. The fraction of sp³-hybridized carbons (Fsp3) is 1.00. The molecule has 0 N–H and O–H groups in total. The molecule has 0 bridgehead atoms. The molecule has 0 fully saturated rings. The molecule has 0 radical (unpaired) electrons. The molecule has 0 heterocycles. The van der Waals surface area contributed by atoms with Crippen molar-refractivity contribution < 1.29 is 68.5 Å². The van der Waals surface area contributed by atoms with Crippen LogP contribution in [0.1, 0.15) is 258 Å². The summed E-state index contributed by atoms with van der Waals surface area (Å²) in [6.45, 7) is 4.65. The van der Waals surface area contributed by atoms with Gasteiger partial charge in [0.1, 0.15) is 0 Å². The molecule has 0 saturated heterocycles. The summed E-state index contributed by atoms with van der Waals surface area (Å²) >= 11 is 0. The van der Waals surface area contributed by atoms with E-state index in [1.54, 1.807) is 0 Å². The minimum Gasteiger partial charge on any atom is -0.726 e. The standard InChI is InChI=1S/C42H86O4S.K/c1-3-5-7-9-11-13-15-17-19-21-22-23-24-26-28-30-32-34-36-38-40-42(41-46-47(43,44)45)39-37-35-33-31-29-27-25-20-18-16-14-12-10-8-6-4-2;/h42H,3-41H2,1-2H3,(H,43,44,45);/q;+1/p-1. The first-order valence-electron chi connectivity index (χ1n) is 21.6. The van der Waals surface area contributed by atoms with Gasteiger partial charge in [-0.2, -0.15) is 0 Å². The average Bonchev–Trinajstić information content (AvgIpc) is 3.05. The first kappa shape index (κ1) is 51.6. The molecule has 1 atom stereocenters. The van der Waals surface area contributed by atoms with Gasteiger partial charge in [0.25, 0.3) is 0 Å². The van der Waals surface area contributed by atoms with Crippen LogP contribution in [-0.2, 0) is 14.6 Å². The largest absolute Gasteiger partial charge is 1.00 e. The Balaban J connectivity index is 0. The molecule has 1 unspecified atom stereocenters. The molecule has 0 aliphatic heterocycles. The number of hydrogen-bond acceptors (Lipinski definition) is 4. The van der Waals surface area contributed by atoms with E-state index < -0.39 is 10.4 Å². The second-order valence-corrected chi connectivity index (χ2v) is 16.2. The Kier molecular flexibility index (Phi) is 46.1. The normalized spacial score (nSPS) is 12.4. The van der Waals surface area contributed by atoms with Crippen LogP contribution in [0.5, 0.6) is 0 Å². The first-order valence-corrected chi connectivity index (χ1v) is 22.9. The molecule has 0 aromatic heterocycles. The minimum absolute atomic E-state index is 0. The van der Waals surface area contributed by atoms with Gasteiger partial charge in [-0.1, -0.05) is 245 Å². The van der Waals surface area contributed by atoms with Crippen molar-refractivity contribution in [1.82, 2.24) is 0 Å². The third-order valence-electron chi connectivity index (χ3n) is 10.4. The molecule has 0 spiro atoms. The smallest absolute Gasteiger partial charge is 0.726 e. The summed E-state index contributed by atoms with van der Waals surface area (Å²) in [5, 5.41) is 0. The summed E-state index contributed by atoms with van der Waals surface area (Å²) in [4.78, 5) is 0. The number of hydrogen-bond donors (Lipinski definition) is 0. The maximum Gasteiger partial charge on any atom is 1.00 e. The van der Waals surface area contributed by atoms with E-state index in [1.807, 2.05) is 0 Å². The predicted octanol–water partition coefficient (Wildman–Crippen LogP) is 11.9. The van der Waals surface area contributed by atoms with Crippen LogP contribution in [0.2, 0.25) is 0 Å². The number of unbranched alkanes of at least 4 members (excludes halogenated alkanes) is 34. The van der Waals surface area contributed by atoms with Gasteiger partial charge in [0.2, 0.25) is 10.4 Å². The maximum absolute atomic E-state index is 11.0. The molecular weight excluding hydrogens is 640 g/mol. The molecule has 0 saturated carbocycles. The van der Waals surface area contributed by atoms with E-state index in [4.69, 9.17) is 0 Å². The van der Waals surface area contributed by atoms with Gasteiger partial charge in [0.15, 0.2) is 0 Å².